The molecule has 0 spiro atoms. The lowest BCUT2D eigenvalue weighted by molar-refractivity contribution is 0.0493. The van der Waals surface area contributed by atoms with Gasteiger partial charge in [-0.3, -0.25) is 4.79 Å². The maximum atomic E-state index is 13.8. The number of halogens is 3. The lowest BCUT2D eigenvalue weighted by Gasteiger charge is -2.24. The van der Waals surface area contributed by atoms with Crippen molar-refractivity contribution in [3.63, 3.8) is 0 Å². The van der Waals surface area contributed by atoms with Crippen molar-refractivity contribution >= 4 is 5.91 Å². The first-order valence-electron chi connectivity index (χ1n) is 7.04. The second-order valence-corrected chi connectivity index (χ2v) is 5.43. The van der Waals surface area contributed by atoms with E-state index in [1.807, 2.05) is 0 Å². The molecule has 0 fully saturated rings. The summed E-state index contributed by atoms with van der Waals surface area (Å²) in [5.41, 5.74) is -2.22. The summed E-state index contributed by atoms with van der Waals surface area (Å²) in [6.45, 7) is 0.869. The van der Waals surface area contributed by atoms with Gasteiger partial charge in [0.25, 0.3) is 5.91 Å². The summed E-state index contributed by atoms with van der Waals surface area (Å²) in [5, 5.41) is 12.6. The van der Waals surface area contributed by atoms with Gasteiger partial charge in [0, 0.05) is 17.7 Å². The minimum absolute atomic E-state index is 0.181. The highest BCUT2D eigenvalue weighted by Gasteiger charge is 2.28. The fourth-order valence-corrected chi connectivity index (χ4v) is 2.18. The Balaban J connectivity index is 2.12. The van der Waals surface area contributed by atoms with E-state index in [0.717, 1.165) is 18.2 Å². The third-order valence-corrected chi connectivity index (χ3v) is 3.53. The molecule has 2 rings (SSSR count). The summed E-state index contributed by atoms with van der Waals surface area (Å²) in [7, 11) is 1.36. The van der Waals surface area contributed by atoms with Crippen molar-refractivity contribution in [2.45, 2.75) is 12.5 Å². The molecule has 2 aromatic rings. The fraction of sp³-hybridized carbons (Fsp3) is 0.235. The Morgan fingerprint density at radius 1 is 1.17 bits per heavy atom. The van der Waals surface area contributed by atoms with Crippen molar-refractivity contribution in [2.75, 3.05) is 13.7 Å². The summed E-state index contributed by atoms with van der Waals surface area (Å²) in [4.78, 5) is 12.0. The molecule has 0 heterocycles. The molecule has 4 nitrogen and oxygen atoms in total. The van der Waals surface area contributed by atoms with E-state index < -0.39 is 29.0 Å². The van der Waals surface area contributed by atoms with Gasteiger partial charge in [-0.25, -0.2) is 13.2 Å². The minimum Gasteiger partial charge on any atom is -0.497 e. The maximum absolute atomic E-state index is 13.8. The molecular formula is C17H16F3NO3. The SMILES string of the molecule is COc1ccc(C(=O)NCC(C)(O)c2ccc(F)cc2F)c(F)c1. The van der Waals surface area contributed by atoms with Crippen LogP contribution in [0.25, 0.3) is 0 Å². The number of carbonyl (C=O) groups excluding carboxylic acids is 1. The molecule has 7 heteroatoms. The number of methoxy groups -OCH3 is 1. The van der Waals surface area contributed by atoms with Gasteiger partial charge in [-0.2, -0.15) is 0 Å². The van der Waals surface area contributed by atoms with Crippen molar-refractivity contribution < 1.29 is 27.8 Å². The van der Waals surface area contributed by atoms with Gasteiger partial charge >= 0.3 is 0 Å². The first-order valence-corrected chi connectivity index (χ1v) is 7.04. The Kier molecular flexibility index (Phi) is 5.14. The molecule has 2 N–H and O–H groups in total. The Morgan fingerprint density at radius 3 is 2.46 bits per heavy atom. The standard InChI is InChI=1S/C17H16F3NO3/c1-17(23,13-6-3-10(18)7-15(13)20)9-21-16(22)12-5-4-11(24-2)8-14(12)19/h3-8,23H,9H2,1-2H3,(H,21,22). The van der Waals surface area contributed by atoms with Crippen molar-refractivity contribution in [1.29, 1.82) is 0 Å². The second kappa shape index (κ2) is 6.92. The number of hydrogen-bond acceptors (Lipinski definition) is 3. The molecule has 1 unspecified atom stereocenters. The van der Waals surface area contributed by atoms with Crippen molar-refractivity contribution in [3.8, 4) is 5.75 Å². The summed E-state index contributed by atoms with van der Waals surface area (Å²) in [6, 6.07) is 6.41. The topological polar surface area (TPSA) is 58.6 Å². The van der Waals surface area contributed by atoms with Crippen LogP contribution in [0.1, 0.15) is 22.8 Å². The summed E-state index contributed by atoms with van der Waals surface area (Å²) >= 11 is 0. The van der Waals surface area contributed by atoms with E-state index in [2.05, 4.69) is 5.32 Å². The predicted octanol–water partition coefficient (Wildman–Crippen LogP) is 2.75. The lowest BCUT2D eigenvalue weighted by atomic mass is 9.95. The quantitative estimate of drug-likeness (QED) is 0.881. The van der Waals surface area contributed by atoms with Crippen LogP contribution < -0.4 is 10.1 Å². The van der Waals surface area contributed by atoms with E-state index in [1.165, 1.54) is 26.2 Å². The zero-order chi connectivity index (χ0) is 17.9. The number of rotatable bonds is 5. The number of benzene rings is 2. The molecular weight excluding hydrogens is 323 g/mol. The average molecular weight is 339 g/mol. The molecule has 24 heavy (non-hydrogen) atoms. The zero-order valence-corrected chi connectivity index (χ0v) is 13.1. The van der Waals surface area contributed by atoms with E-state index >= 15 is 0 Å². The number of hydrogen-bond donors (Lipinski definition) is 2. The van der Waals surface area contributed by atoms with E-state index in [0.29, 0.717) is 6.07 Å². The number of nitrogens with one attached hydrogen (secondary N) is 1. The molecule has 0 radical (unpaired) electrons. The summed E-state index contributed by atoms with van der Waals surface area (Å²) in [5.74, 6) is -3.04. The molecule has 0 aliphatic carbocycles. The van der Waals surface area contributed by atoms with Crippen LogP contribution in [0.5, 0.6) is 5.75 Å². The average Bonchev–Trinajstić information content (AvgIpc) is 2.52. The highest BCUT2D eigenvalue weighted by atomic mass is 19.1. The van der Waals surface area contributed by atoms with Crippen LogP contribution in [0.4, 0.5) is 13.2 Å². The highest BCUT2D eigenvalue weighted by molar-refractivity contribution is 5.94. The van der Waals surface area contributed by atoms with Crippen LogP contribution in [0, 0.1) is 17.5 Å². The highest BCUT2D eigenvalue weighted by Crippen LogP contribution is 2.24. The smallest absolute Gasteiger partial charge is 0.254 e. The van der Waals surface area contributed by atoms with Gasteiger partial charge in [-0.05, 0) is 25.1 Å². The van der Waals surface area contributed by atoms with E-state index in [4.69, 9.17) is 4.74 Å². The summed E-state index contributed by atoms with van der Waals surface area (Å²) in [6.07, 6.45) is 0. The minimum atomic E-state index is -1.80. The monoisotopic (exact) mass is 339 g/mol. The largest absolute Gasteiger partial charge is 0.497 e. The first kappa shape index (κ1) is 17.8. The van der Waals surface area contributed by atoms with E-state index in [9.17, 15) is 23.1 Å². The number of amides is 1. The van der Waals surface area contributed by atoms with Crippen molar-refractivity contribution in [3.05, 3.63) is 65.0 Å². The second-order valence-electron chi connectivity index (χ2n) is 5.43. The van der Waals surface area contributed by atoms with Gasteiger partial charge in [0.1, 0.15) is 28.8 Å². The zero-order valence-electron chi connectivity index (χ0n) is 13.1. The molecule has 0 saturated heterocycles. The number of carbonyl (C=O) groups is 1. The third kappa shape index (κ3) is 3.86. The van der Waals surface area contributed by atoms with Crippen LogP contribution in [0.3, 0.4) is 0 Å². The van der Waals surface area contributed by atoms with Gasteiger partial charge in [0.2, 0.25) is 0 Å². The molecule has 1 atom stereocenters. The molecule has 0 aliphatic heterocycles. The van der Waals surface area contributed by atoms with Crippen LogP contribution in [0.2, 0.25) is 0 Å². The van der Waals surface area contributed by atoms with E-state index in [1.54, 1.807) is 0 Å². The Morgan fingerprint density at radius 2 is 1.88 bits per heavy atom. The Hall–Kier alpha value is -2.54. The molecule has 0 aromatic heterocycles. The molecule has 0 aliphatic rings. The number of aliphatic hydroxyl groups is 1. The van der Waals surface area contributed by atoms with Crippen LogP contribution in [-0.2, 0) is 5.60 Å². The van der Waals surface area contributed by atoms with Gasteiger partial charge in [-0.1, -0.05) is 6.07 Å². The molecule has 1 amide bonds. The maximum Gasteiger partial charge on any atom is 0.254 e. The Labute approximate surface area is 136 Å². The predicted molar refractivity (Wildman–Crippen MR) is 81.2 cm³/mol. The van der Waals surface area contributed by atoms with Crippen LogP contribution in [0.15, 0.2) is 36.4 Å². The normalized spacial score (nSPS) is 13.2. The molecule has 2 aromatic carbocycles. The molecule has 0 saturated carbocycles. The van der Waals surface area contributed by atoms with Crippen molar-refractivity contribution in [2.24, 2.45) is 0 Å². The number of ether oxygens (including phenoxy) is 1. The van der Waals surface area contributed by atoms with Crippen LogP contribution >= 0.6 is 0 Å². The Bertz CT molecular complexity index is 763. The van der Waals surface area contributed by atoms with Gasteiger partial charge < -0.3 is 15.2 Å². The fourth-order valence-electron chi connectivity index (χ4n) is 2.18. The third-order valence-electron chi connectivity index (χ3n) is 3.53. The lowest BCUT2D eigenvalue weighted by Crippen LogP contribution is -2.39. The first-order chi connectivity index (χ1) is 11.2. The van der Waals surface area contributed by atoms with Gasteiger partial charge in [0.05, 0.1) is 19.2 Å². The molecule has 128 valence electrons. The van der Waals surface area contributed by atoms with Gasteiger partial charge in [-0.15, -0.1) is 0 Å². The van der Waals surface area contributed by atoms with E-state index in [-0.39, 0.29) is 23.4 Å². The van der Waals surface area contributed by atoms with Crippen molar-refractivity contribution in [1.82, 2.24) is 5.32 Å². The summed E-state index contributed by atoms with van der Waals surface area (Å²) < 4.78 is 45.4. The van der Waals surface area contributed by atoms with Crippen LogP contribution in [-0.4, -0.2) is 24.7 Å². The van der Waals surface area contributed by atoms with Gasteiger partial charge in [0.15, 0.2) is 0 Å². The molecule has 0 bridgehead atoms.